The lowest BCUT2D eigenvalue weighted by Crippen LogP contribution is -2.41. The largest absolute Gasteiger partial charge is 0.451 e. The van der Waals surface area contributed by atoms with Crippen LogP contribution in [0.2, 0.25) is 0 Å². The summed E-state index contributed by atoms with van der Waals surface area (Å²) < 4.78 is 5.98. The number of hydrogen-bond acceptors (Lipinski definition) is 6. The molecule has 1 amide bonds. The van der Waals surface area contributed by atoms with E-state index in [0.29, 0.717) is 28.8 Å². The second kappa shape index (κ2) is 10.4. The molecule has 2 aromatic carbocycles. The van der Waals surface area contributed by atoms with Crippen molar-refractivity contribution in [3.05, 3.63) is 89.9 Å². The highest BCUT2D eigenvalue weighted by molar-refractivity contribution is 7.98. The summed E-state index contributed by atoms with van der Waals surface area (Å²) in [4.78, 5) is 23.8. The van der Waals surface area contributed by atoms with Crippen LogP contribution >= 0.6 is 11.8 Å². The molecule has 4 aromatic rings. The van der Waals surface area contributed by atoms with Crippen molar-refractivity contribution in [1.82, 2.24) is 20.2 Å². The number of fused-ring (bicyclic) bond motifs is 1. The lowest BCUT2D eigenvalue weighted by atomic mass is 10.1. The number of hydrogen-bond donors (Lipinski definition) is 1. The normalized spacial score (nSPS) is 12.2. The van der Waals surface area contributed by atoms with E-state index in [1.807, 2.05) is 56.6 Å². The molecule has 2 heterocycles. The molecule has 1 unspecified atom stereocenters. The van der Waals surface area contributed by atoms with Gasteiger partial charge >= 0.3 is 0 Å². The van der Waals surface area contributed by atoms with Crippen molar-refractivity contribution in [3.63, 3.8) is 0 Å². The summed E-state index contributed by atoms with van der Waals surface area (Å²) in [6.45, 7) is 0.520. The van der Waals surface area contributed by atoms with Crippen molar-refractivity contribution in [3.8, 4) is 0 Å². The minimum absolute atomic E-state index is 0.168. The van der Waals surface area contributed by atoms with Gasteiger partial charge in [0.25, 0.3) is 5.91 Å². The van der Waals surface area contributed by atoms with Gasteiger partial charge in [0.1, 0.15) is 5.58 Å². The number of likely N-dealkylation sites (N-methyl/N-ethyl adjacent to an activating group) is 1. The Morgan fingerprint density at radius 3 is 2.50 bits per heavy atom. The molecule has 7 heteroatoms. The highest BCUT2D eigenvalue weighted by Crippen LogP contribution is 2.31. The van der Waals surface area contributed by atoms with Gasteiger partial charge in [0.05, 0.1) is 0 Å². The number of rotatable bonds is 9. The van der Waals surface area contributed by atoms with Crippen molar-refractivity contribution in [2.45, 2.75) is 23.4 Å². The zero-order valence-corrected chi connectivity index (χ0v) is 19.0. The highest BCUT2D eigenvalue weighted by Gasteiger charge is 2.22. The molecule has 0 fully saturated rings. The fourth-order valence-electron chi connectivity index (χ4n) is 3.54. The van der Waals surface area contributed by atoms with E-state index >= 15 is 0 Å². The van der Waals surface area contributed by atoms with Gasteiger partial charge in [-0.25, -0.2) is 9.97 Å². The van der Waals surface area contributed by atoms with Crippen LogP contribution in [0.15, 0.2) is 82.6 Å². The number of benzene rings is 2. The van der Waals surface area contributed by atoms with E-state index in [2.05, 4.69) is 32.3 Å². The van der Waals surface area contributed by atoms with Gasteiger partial charge in [0.15, 0.2) is 10.9 Å². The van der Waals surface area contributed by atoms with Crippen LogP contribution in [0.1, 0.15) is 21.7 Å². The van der Waals surface area contributed by atoms with Crippen molar-refractivity contribution >= 4 is 28.6 Å². The average molecular weight is 447 g/mol. The summed E-state index contributed by atoms with van der Waals surface area (Å²) in [5.41, 5.74) is 2.81. The van der Waals surface area contributed by atoms with Crippen molar-refractivity contribution in [2.24, 2.45) is 0 Å². The fourth-order valence-corrected chi connectivity index (χ4v) is 4.37. The Morgan fingerprint density at radius 2 is 1.75 bits per heavy atom. The Bertz CT molecular complexity index is 1160. The molecule has 164 valence electrons. The first-order valence-corrected chi connectivity index (χ1v) is 11.5. The van der Waals surface area contributed by atoms with Gasteiger partial charge in [-0.3, -0.25) is 4.79 Å². The first-order valence-electron chi connectivity index (χ1n) is 10.5. The third kappa shape index (κ3) is 5.36. The fraction of sp³-hybridized carbons (Fsp3) is 0.240. The third-order valence-corrected chi connectivity index (χ3v) is 6.24. The molecule has 0 aliphatic heterocycles. The lowest BCUT2D eigenvalue weighted by Gasteiger charge is -2.24. The molecule has 6 nitrogen and oxygen atoms in total. The summed E-state index contributed by atoms with van der Waals surface area (Å²) in [7, 11) is 4.06. The van der Waals surface area contributed by atoms with Crippen molar-refractivity contribution in [1.29, 1.82) is 0 Å². The molecular formula is C25H26N4O2S. The van der Waals surface area contributed by atoms with Gasteiger partial charge in [-0.15, -0.1) is 0 Å². The maximum Gasteiger partial charge on any atom is 0.287 e. The molecule has 1 atom stereocenters. The number of aromatic nitrogens is 2. The van der Waals surface area contributed by atoms with Crippen LogP contribution in [0.4, 0.5) is 0 Å². The van der Waals surface area contributed by atoms with Crippen LogP contribution in [0.25, 0.3) is 11.0 Å². The monoisotopic (exact) mass is 446 g/mol. The second-order valence-electron chi connectivity index (χ2n) is 7.74. The summed E-state index contributed by atoms with van der Waals surface area (Å²) in [6, 6.07) is 20.0. The van der Waals surface area contributed by atoms with Crippen LogP contribution in [-0.4, -0.2) is 47.5 Å². The van der Waals surface area contributed by atoms with Gasteiger partial charge in [-0.2, -0.15) is 0 Å². The molecule has 0 bridgehead atoms. The smallest absolute Gasteiger partial charge is 0.287 e. The number of furan rings is 1. The zero-order valence-electron chi connectivity index (χ0n) is 18.2. The standard InChI is InChI=1S/C25H26N4O2S/c1-29(2)19(15-18-9-4-3-5-10-18)16-28-24(30)23-21(17-32-25-26-13-8-14-27-25)20-11-6-7-12-22(20)31-23/h3-14,19H,15-17H2,1-2H3,(H,28,30). The number of thioether (sulfide) groups is 1. The maximum atomic E-state index is 13.2. The molecule has 0 aliphatic rings. The van der Waals surface area contributed by atoms with E-state index in [-0.39, 0.29) is 11.9 Å². The Labute approximate surface area is 192 Å². The van der Waals surface area contributed by atoms with Gasteiger partial charge in [-0.05, 0) is 38.2 Å². The number of nitrogens with one attached hydrogen (secondary N) is 1. The van der Waals surface area contributed by atoms with E-state index < -0.39 is 0 Å². The SMILES string of the molecule is CN(C)C(CNC(=O)c1oc2ccccc2c1CSc1ncccn1)Cc1ccccc1. The predicted molar refractivity (Wildman–Crippen MR) is 128 cm³/mol. The quantitative estimate of drug-likeness (QED) is 0.303. The molecule has 32 heavy (non-hydrogen) atoms. The zero-order chi connectivity index (χ0) is 22.3. The van der Waals surface area contributed by atoms with E-state index in [9.17, 15) is 4.79 Å². The Kier molecular flexibility index (Phi) is 7.19. The number of para-hydroxylation sites is 1. The van der Waals surface area contributed by atoms with Crippen molar-refractivity contribution in [2.75, 3.05) is 20.6 Å². The molecule has 1 N–H and O–H groups in total. The Morgan fingerprint density at radius 1 is 1.03 bits per heavy atom. The highest BCUT2D eigenvalue weighted by atomic mass is 32.2. The number of carbonyl (C=O) groups excluding carboxylic acids is 1. The minimum atomic E-state index is -0.203. The van der Waals surface area contributed by atoms with Crippen molar-refractivity contribution < 1.29 is 9.21 Å². The summed E-state index contributed by atoms with van der Waals surface area (Å²) in [5.74, 6) is 0.697. The summed E-state index contributed by atoms with van der Waals surface area (Å²) >= 11 is 1.49. The molecule has 0 aliphatic carbocycles. The number of carbonyl (C=O) groups is 1. The van der Waals surface area contributed by atoms with Gasteiger partial charge in [-0.1, -0.05) is 60.3 Å². The van der Waals surface area contributed by atoms with E-state index in [4.69, 9.17) is 4.42 Å². The van der Waals surface area contributed by atoms with Crippen LogP contribution in [0.3, 0.4) is 0 Å². The molecule has 0 radical (unpaired) electrons. The van der Waals surface area contributed by atoms with Gasteiger partial charge in [0.2, 0.25) is 0 Å². The lowest BCUT2D eigenvalue weighted by molar-refractivity contribution is 0.0915. The third-order valence-electron chi connectivity index (χ3n) is 5.33. The van der Waals surface area contributed by atoms with Gasteiger partial charge in [0, 0.05) is 41.7 Å². The molecule has 2 aromatic heterocycles. The van der Waals surface area contributed by atoms with Crippen LogP contribution in [0, 0.1) is 0 Å². The second-order valence-corrected chi connectivity index (χ2v) is 8.69. The Hall–Kier alpha value is -3.16. The van der Waals surface area contributed by atoms with Crippen LogP contribution in [-0.2, 0) is 12.2 Å². The summed E-state index contributed by atoms with van der Waals surface area (Å²) in [5, 5.41) is 4.69. The minimum Gasteiger partial charge on any atom is -0.451 e. The van der Waals surface area contributed by atoms with Gasteiger partial charge < -0.3 is 14.6 Å². The van der Waals surface area contributed by atoms with Crippen LogP contribution in [0.5, 0.6) is 0 Å². The number of amides is 1. The summed E-state index contributed by atoms with van der Waals surface area (Å²) in [6.07, 6.45) is 4.28. The number of nitrogens with zero attached hydrogens (tertiary/aromatic N) is 3. The molecular weight excluding hydrogens is 420 g/mol. The average Bonchev–Trinajstić information content (AvgIpc) is 3.20. The van der Waals surface area contributed by atoms with E-state index in [1.54, 1.807) is 18.5 Å². The molecule has 0 saturated carbocycles. The van der Waals surface area contributed by atoms with Crippen LogP contribution < -0.4 is 5.32 Å². The molecule has 0 saturated heterocycles. The predicted octanol–water partition coefficient (Wildman–Crippen LogP) is 4.42. The van der Waals surface area contributed by atoms with E-state index in [1.165, 1.54) is 17.3 Å². The topological polar surface area (TPSA) is 71.3 Å². The first kappa shape index (κ1) is 22.0. The molecule has 0 spiro atoms. The first-order chi connectivity index (χ1) is 15.6. The maximum absolute atomic E-state index is 13.2. The van der Waals surface area contributed by atoms with E-state index in [0.717, 1.165) is 17.4 Å². The Balaban J connectivity index is 1.50. The molecule has 4 rings (SSSR count).